The molecule has 1 unspecified atom stereocenters. The zero-order valence-electron chi connectivity index (χ0n) is 11.5. The summed E-state index contributed by atoms with van der Waals surface area (Å²) >= 11 is 0. The third-order valence-corrected chi connectivity index (χ3v) is 3.32. The quantitative estimate of drug-likeness (QED) is 0.813. The van der Waals surface area contributed by atoms with E-state index >= 15 is 0 Å². The summed E-state index contributed by atoms with van der Waals surface area (Å²) < 4.78 is 0. The molecule has 1 aliphatic heterocycles. The summed E-state index contributed by atoms with van der Waals surface area (Å²) in [4.78, 5) is 27.1. The summed E-state index contributed by atoms with van der Waals surface area (Å²) in [7, 11) is 0. The number of pyridine rings is 1. The Morgan fingerprint density at radius 3 is 2.74 bits per heavy atom. The number of nitrogens with zero attached hydrogens (tertiary/aromatic N) is 1. The van der Waals surface area contributed by atoms with Crippen LogP contribution >= 0.6 is 0 Å². The van der Waals surface area contributed by atoms with Crippen LogP contribution in [0.2, 0.25) is 0 Å². The van der Waals surface area contributed by atoms with Crippen molar-refractivity contribution in [2.45, 2.75) is 45.6 Å². The molecule has 1 saturated heterocycles. The highest BCUT2D eigenvalue weighted by Gasteiger charge is 2.26. The molecule has 0 bridgehead atoms. The van der Waals surface area contributed by atoms with Crippen LogP contribution in [0, 0.1) is 6.92 Å². The molecule has 1 aromatic rings. The lowest BCUT2D eigenvalue weighted by molar-refractivity contribution is -0.133. The average Bonchev–Trinajstić information content (AvgIpc) is 2.34. The van der Waals surface area contributed by atoms with Gasteiger partial charge in [0.05, 0.1) is 0 Å². The van der Waals surface area contributed by atoms with Crippen molar-refractivity contribution in [1.82, 2.24) is 10.3 Å². The minimum absolute atomic E-state index is 0.206. The summed E-state index contributed by atoms with van der Waals surface area (Å²) in [5.74, 6) is 0.656. The van der Waals surface area contributed by atoms with Gasteiger partial charge in [0, 0.05) is 12.6 Å². The molecule has 102 valence electrons. The highest BCUT2D eigenvalue weighted by Crippen LogP contribution is 2.20. The second-order valence-corrected chi connectivity index (χ2v) is 5.24. The Balaban J connectivity index is 2.11. The summed E-state index contributed by atoms with van der Waals surface area (Å²) in [5, 5.41) is 5.44. The van der Waals surface area contributed by atoms with Crippen molar-refractivity contribution in [3.05, 3.63) is 23.4 Å². The molecule has 1 fully saturated rings. The van der Waals surface area contributed by atoms with Gasteiger partial charge in [0.25, 0.3) is 0 Å². The predicted octanol–water partition coefficient (Wildman–Crippen LogP) is 1.73. The maximum atomic E-state index is 11.7. The molecule has 0 aliphatic carbocycles. The second kappa shape index (κ2) is 5.38. The van der Waals surface area contributed by atoms with Gasteiger partial charge in [0.2, 0.25) is 11.8 Å². The van der Waals surface area contributed by atoms with Crippen LogP contribution < -0.4 is 10.6 Å². The monoisotopic (exact) mass is 261 g/mol. The van der Waals surface area contributed by atoms with Crippen molar-refractivity contribution < 1.29 is 9.59 Å². The number of rotatable bonds is 3. The van der Waals surface area contributed by atoms with E-state index in [1.807, 2.05) is 13.1 Å². The van der Waals surface area contributed by atoms with Gasteiger partial charge >= 0.3 is 0 Å². The van der Waals surface area contributed by atoms with Crippen molar-refractivity contribution in [3.8, 4) is 0 Å². The maximum Gasteiger partial charge on any atom is 0.249 e. The van der Waals surface area contributed by atoms with Gasteiger partial charge in [-0.2, -0.15) is 0 Å². The molecule has 2 heterocycles. The lowest BCUT2D eigenvalue weighted by Crippen LogP contribution is -2.47. The SMILES string of the molecule is Cc1cc(C(C)C)cnc1NC1CCC(=O)NC1=O. The topological polar surface area (TPSA) is 71.1 Å². The third-order valence-electron chi connectivity index (χ3n) is 3.32. The fourth-order valence-electron chi connectivity index (χ4n) is 2.06. The molecule has 0 saturated carbocycles. The molecule has 1 aromatic heterocycles. The zero-order valence-corrected chi connectivity index (χ0v) is 11.5. The molecule has 1 atom stereocenters. The molecule has 0 aromatic carbocycles. The molecule has 19 heavy (non-hydrogen) atoms. The lowest BCUT2D eigenvalue weighted by atomic mass is 10.0. The van der Waals surface area contributed by atoms with E-state index in [9.17, 15) is 9.59 Å². The zero-order chi connectivity index (χ0) is 14.0. The van der Waals surface area contributed by atoms with Gasteiger partial charge in [-0.25, -0.2) is 4.98 Å². The van der Waals surface area contributed by atoms with Gasteiger partial charge < -0.3 is 5.32 Å². The first-order chi connectivity index (χ1) is 8.97. The second-order valence-electron chi connectivity index (χ2n) is 5.24. The van der Waals surface area contributed by atoms with Crippen molar-refractivity contribution in [2.75, 3.05) is 5.32 Å². The number of carbonyl (C=O) groups excluding carboxylic acids is 2. The number of nitrogens with one attached hydrogen (secondary N) is 2. The number of hydrogen-bond acceptors (Lipinski definition) is 4. The molecule has 2 amide bonds. The van der Waals surface area contributed by atoms with E-state index in [-0.39, 0.29) is 17.9 Å². The van der Waals surface area contributed by atoms with E-state index in [1.165, 1.54) is 5.56 Å². The average molecular weight is 261 g/mol. The van der Waals surface area contributed by atoms with Crippen LogP contribution in [-0.2, 0) is 9.59 Å². The smallest absolute Gasteiger partial charge is 0.249 e. The van der Waals surface area contributed by atoms with Crippen molar-refractivity contribution >= 4 is 17.6 Å². The Hall–Kier alpha value is -1.91. The highest BCUT2D eigenvalue weighted by atomic mass is 16.2. The summed E-state index contributed by atoms with van der Waals surface area (Å²) in [5.41, 5.74) is 2.18. The van der Waals surface area contributed by atoms with Crippen LogP contribution in [0.15, 0.2) is 12.3 Å². The Morgan fingerprint density at radius 2 is 2.16 bits per heavy atom. The maximum absolute atomic E-state index is 11.7. The van der Waals surface area contributed by atoms with E-state index in [0.717, 1.165) is 5.56 Å². The number of carbonyl (C=O) groups is 2. The van der Waals surface area contributed by atoms with Crippen molar-refractivity contribution in [3.63, 3.8) is 0 Å². The van der Waals surface area contributed by atoms with Crippen molar-refractivity contribution in [2.24, 2.45) is 0 Å². The first-order valence-corrected chi connectivity index (χ1v) is 6.54. The van der Waals surface area contributed by atoms with Gasteiger partial charge in [0.1, 0.15) is 11.9 Å². The Morgan fingerprint density at radius 1 is 1.42 bits per heavy atom. The minimum atomic E-state index is -0.381. The number of aryl methyl sites for hydroxylation is 1. The van der Waals surface area contributed by atoms with E-state index in [4.69, 9.17) is 0 Å². The number of anilines is 1. The van der Waals surface area contributed by atoms with Crippen LogP contribution in [0.5, 0.6) is 0 Å². The Kier molecular flexibility index (Phi) is 3.83. The number of amides is 2. The fourth-order valence-corrected chi connectivity index (χ4v) is 2.06. The van der Waals surface area contributed by atoms with Gasteiger partial charge in [-0.3, -0.25) is 14.9 Å². The molecule has 2 rings (SSSR count). The van der Waals surface area contributed by atoms with Gasteiger partial charge in [-0.05, 0) is 30.4 Å². The Labute approximate surface area is 112 Å². The third kappa shape index (κ3) is 3.10. The number of aromatic nitrogens is 1. The molecule has 1 aliphatic rings. The predicted molar refractivity (Wildman–Crippen MR) is 72.9 cm³/mol. The molecule has 5 heteroatoms. The molecular formula is C14H19N3O2. The summed E-state index contributed by atoms with van der Waals surface area (Å²) in [6.07, 6.45) is 2.70. The van der Waals surface area contributed by atoms with Crippen molar-refractivity contribution in [1.29, 1.82) is 0 Å². The van der Waals surface area contributed by atoms with Gasteiger partial charge in [-0.1, -0.05) is 19.9 Å². The Bertz CT molecular complexity index is 511. The first-order valence-electron chi connectivity index (χ1n) is 6.54. The van der Waals surface area contributed by atoms with Crippen LogP contribution in [-0.4, -0.2) is 22.8 Å². The number of piperidine rings is 1. The van der Waals surface area contributed by atoms with Crippen LogP contribution in [0.3, 0.4) is 0 Å². The minimum Gasteiger partial charge on any atom is -0.358 e. The van der Waals surface area contributed by atoms with E-state index < -0.39 is 0 Å². The molecule has 2 N–H and O–H groups in total. The number of hydrogen-bond donors (Lipinski definition) is 2. The van der Waals surface area contributed by atoms with Gasteiger partial charge in [0.15, 0.2) is 0 Å². The highest BCUT2D eigenvalue weighted by molar-refractivity contribution is 6.01. The first kappa shape index (κ1) is 13.5. The van der Waals surface area contributed by atoms with Crippen LogP contribution in [0.25, 0.3) is 0 Å². The van der Waals surface area contributed by atoms with E-state index in [2.05, 4.69) is 35.5 Å². The molecule has 5 nitrogen and oxygen atoms in total. The van der Waals surface area contributed by atoms with Crippen LogP contribution in [0.1, 0.15) is 43.7 Å². The molecular weight excluding hydrogens is 242 g/mol. The standard InChI is InChI=1S/C14H19N3O2/c1-8(2)10-6-9(3)13(15-7-10)16-11-4-5-12(18)17-14(11)19/h6-8,11H,4-5H2,1-3H3,(H,15,16)(H,17,18,19). The lowest BCUT2D eigenvalue weighted by Gasteiger charge is -2.23. The fraction of sp³-hybridized carbons (Fsp3) is 0.500. The van der Waals surface area contributed by atoms with E-state index in [0.29, 0.717) is 24.6 Å². The molecule has 0 radical (unpaired) electrons. The van der Waals surface area contributed by atoms with Crippen LogP contribution in [0.4, 0.5) is 5.82 Å². The largest absolute Gasteiger partial charge is 0.358 e. The molecule has 0 spiro atoms. The summed E-state index contributed by atoms with van der Waals surface area (Å²) in [6.45, 7) is 6.20. The number of imide groups is 1. The van der Waals surface area contributed by atoms with E-state index in [1.54, 1.807) is 0 Å². The summed E-state index contributed by atoms with van der Waals surface area (Å²) in [6, 6.07) is 1.69. The normalized spacial score (nSPS) is 19.5. The van der Waals surface area contributed by atoms with Gasteiger partial charge in [-0.15, -0.1) is 0 Å².